The summed E-state index contributed by atoms with van der Waals surface area (Å²) in [6, 6.07) is -0.748. The molecule has 6 heteroatoms. The molecule has 0 saturated carbocycles. The third-order valence-electron chi connectivity index (χ3n) is 2.91. The van der Waals surface area contributed by atoms with Gasteiger partial charge in [0.1, 0.15) is 0 Å². The molecule has 0 aromatic heterocycles. The fraction of sp³-hybridized carbons (Fsp3) is 0.786. The molecule has 0 aliphatic carbocycles. The lowest BCUT2D eigenvalue weighted by molar-refractivity contribution is -0.126. The molecule has 3 N–H and O–H groups in total. The molecule has 1 amide bonds. The molecule has 117 valence electrons. The number of aliphatic hydroxyl groups is 2. The largest absolute Gasteiger partial charge is 0.394 e. The van der Waals surface area contributed by atoms with E-state index in [0.29, 0.717) is 6.42 Å². The highest BCUT2D eigenvalue weighted by molar-refractivity contribution is 7.80. The Balaban J connectivity index is 3.96. The number of hydrogen-bond acceptors (Lipinski definition) is 5. The molecule has 0 heterocycles. The lowest BCUT2D eigenvalue weighted by Crippen LogP contribution is -2.43. The topological polar surface area (TPSA) is 86.6 Å². The van der Waals surface area contributed by atoms with Gasteiger partial charge in [0.15, 0.2) is 5.78 Å². The van der Waals surface area contributed by atoms with Crippen LogP contribution >= 0.6 is 12.6 Å². The van der Waals surface area contributed by atoms with Gasteiger partial charge in [-0.25, -0.2) is 0 Å². The Morgan fingerprint density at radius 2 is 1.90 bits per heavy atom. The summed E-state index contributed by atoms with van der Waals surface area (Å²) in [5.41, 5.74) is 0. The van der Waals surface area contributed by atoms with Gasteiger partial charge in [-0.05, 0) is 6.42 Å². The van der Waals surface area contributed by atoms with E-state index >= 15 is 0 Å². The molecule has 20 heavy (non-hydrogen) atoms. The highest BCUT2D eigenvalue weighted by Crippen LogP contribution is 2.05. The minimum Gasteiger partial charge on any atom is -0.394 e. The van der Waals surface area contributed by atoms with E-state index in [-0.39, 0.29) is 11.7 Å². The van der Waals surface area contributed by atoms with Crippen LogP contribution < -0.4 is 5.32 Å². The van der Waals surface area contributed by atoms with Crippen molar-refractivity contribution in [3.05, 3.63) is 6.42 Å². The second-order valence-electron chi connectivity index (χ2n) is 4.79. The van der Waals surface area contributed by atoms with Crippen molar-refractivity contribution in [2.75, 3.05) is 12.4 Å². The van der Waals surface area contributed by atoms with Crippen LogP contribution in [-0.4, -0.2) is 46.4 Å². The number of thiol groups is 1. The van der Waals surface area contributed by atoms with Crippen molar-refractivity contribution in [3.63, 3.8) is 0 Å². The predicted octanol–water partition coefficient (Wildman–Crippen LogP) is 0.888. The maximum Gasteiger partial charge on any atom is 0.220 e. The first-order valence-electron chi connectivity index (χ1n) is 7.13. The SMILES string of the molecule is CCCCCCCC(=O)N[C@H](CS)C(=O)[CH][C@@H](O)CO. The zero-order valence-corrected chi connectivity index (χ0v) is 12.9. The first-order chi connectivity index (χ1) is 9.54. The quantitative estimate of drug-likeness (QED) is 0.318. The molecule has 0 saturated heterocycles. The molecule has 0 spiro atoms. The standard InChI is InChI=1S/C14H26NO4S/c1-2-3-4-5-6-7-14(19)15-12(10-20)13(18)8-11(17)9-16/h8,11-12,16-17,20H,2-7,9-10H2,1H3,(H,15,19)/t11-,12-/m1/s1. The average molecular weight is 304 g/mol. The Hall–Kier alpha value is -0.590. The van der Waals surface area contributed by atoms with Crippen LogP contribution in [0.4, 0.5) is 0 Å². The molecule has 0 aromatic rings. The van der Waals surface area contributed by atoms with Crippen LogP contribution in [0.15, 0.2) is 0 Å². The number of ketones is 1. The number of nitrogens with one attached hydrogen (secondary N) is 1. The summed E-state index contributed by atoms with van der Waals surface area (Å²) in [6.07, 6.45) is 5.47. The number of carbonyl (C=O) groups is 2. The van der Waals surface area contributed by atoms with Crippen LogP contribution in [0.1, 0.15) is 45.4 Å². The summed E-state index contributed by atoms with van der Waals surface area (Å²) in [5.74, 6) is -0.448. The highest BCUT2D eigenvalue weighted by Gasteiger charge is 2.21. The third kappa shape index (κ3) is 9.34. The zero-order chi connectivity index (χ0) is 15.4. The van der Waals surface area contributed by atoms with Gasteiger partial charge in [-0.1, -0.05) is 32.6 Å². The molecule has 1 radical (unpaired) electrons. The van der Waals surface area contributed by atoms with Gasteiger partial charge in [-0.2, -0.15) is 12.6 Å². The van der Waals surface area contributed by atoms with Crippen LogP contribution in [0.5, 0.6) is 0 Å². The summed E-state index contributed by atoms with van der Waals surface area (Å²) in [4.78, 5) is 23.4. The molecule has 2 atom stereocenters. The minimum absolute atomic E-state index is 0.162. The molecule has 0 aromatic carbocycles. The van der Waals surface area contributed by atoms with E-state index in [4.69, 9.17) is 10.2 Å². The Morgan fingerprint density at radius 1 is 1.25 bits per heavy atom. The molecule has 0 bridgehead atoms. The smallest absolute Gasteiger partial charge is 0.220 e. The average Bonchev–Trinajstić information content (AvgIpc) is 2.44. The van der Waals surface area contributed by atoms with Gasteiger partial charge in [-0.3, -0.25) is 9.59 Å². The second kappa shape index (κ2) is 12.2. The number of aliphatic hydroxyl groups excluding tert-OH is 2. The van der Waals surface area contributed by atoms with E-state index in [1.54, 1.807) is 0 Å². The fourth-order valence-electron chi connectivity index (χ4n) is 1.72. The summed E-state index contributed by atoms with van der Waals surface area (Å²) >= 11 is 4.02. The second-order valence-corrected chi connectivity index (χ2v) is 5.15. The zero-order valence-electron chi connectivity index (χ0n) is 12.0. The van der Waals surface area contributed by atoms with Crippen molar-refractivity contribution in [1.29, 1.82) is 0 Å². The Kier molecular flexibility index (Phi) is 11.8. The van der Waals surface area contributed by atoms with Gasteiger partial charge in [0.05, 0.1) is 25.2 Å². The highest BCUT2D eigenvalue weighted by atomic mass is 32.1. The molecular formula is C14H26NO4S. The van der Waals surface area contributed by atoms with E-state index in [1.807, 2.05) is 0 Å². The summed E-state index contributed by atoms with van der Waals surface area (Å²) in [5, 5.41) is 20.4. The lowest BCUT2D eigenvalue weighted by atomic mass is 10.1. The van der Waals surface area contributed by atoms with Crippen molar-refractivity contribution >= 4 is 24.3 Å². The summed E-state index contributed by atoms with van der Waals surface area (Å²) < 4.78 is 0. The van der Waals surface area contributed by atoms with Crippen LogP contribution in [0.2, 0.25) is 0 Å². The third-order valence-corrected chi connectivity index (χ3v) is 3.28. The van der Waals surface area contributed by atoms with Gasteiger partial charge < -0.3 is 15.5 Å². The van der Waals surface area contributed by atoms with E-state index in [2.05, 4.69) is 24.9 Å². The molecule has 5 nitrogen and oxygen atoms in total. The van der Waals surface area contributed by atoms with Crippen molar-refractivity contribution in [2.45, 2.75) is 57.6 Å². The fourth-order valence-corrected chi connectivity index (χ4v) is 1.99. The van der Waals surface area contributed by atoms with Crippen molar-refractivity contribution in [1.82, 2.24) is 5.32 Å². The number of carbonyl (C=O) groups excluding carboxylic acids is 2. The molecular weight excluding hydrogens is 278 g/mol. The van der Waals surface area contributed by atoms with E-state index in [0.717, 1.165) is 32.1 Å². The predicted molar refractivity (Wildman–Crippen MR) is 81.6 cm³/mol. The number of unbranched alkanes of at least 4 members (excludes halogenated alkanes) is 4. The van der Waals surface area contributed by atoms with Crippen LogP contribution in [-0.2, 0) is 9.59 Å². The van der Waals surface area contributed by atoms with Crippen LogP contribution in [0.3, 0.4) is 0 Å². The maximum absolute atomic E-state index is 11.7. The van der Waals surface area contributed by atoms with Gasteiger partial charge in [0.25, 0.3) is 0 Å². The van der Waals surface area contributed by atoms with E-state index in [9.17, 15) is 9.59 Å². The van der Waals surface area contributed by atoms with Crippen molar-refractivity contribution in [2.24, 2.45) is 0 Å². The van der Waals surface area contributed by atoms with Crippen molar-refractivity contribution < 1.29 is 19.8 Å². The van der Waals surface area contributed by atoms with Gasteiger partial charge in [0, 0.05) is 12.2 Å². The molecule has 0 aliphatic heterocycles. The number of Topliss-reactive ketones (excluding diaryl/α,β-unsaturated/α-hetero) is 1. The van der Waals surface area contributed by atoms with Crippen LogP contribution in [0.25, 0.3) is 0 Å². The van der Waals surface area contributed by atoms with Gasteiger partial charge in [-0.15, -0.1) is 0 Å². The number of hydrogen-bond donors (Lipinski definition) is 4. The Morgan fingerprint density at radius 3 is 2.45 bits per heavy atom. The Bertz CT molecular complexity index is 286. The van der Waals surface area contributed by atoms with Crippen molar-refractivity contribution in [3.8, 4) is 0 Å². The first-order valence-corrected chi connectivity index (χ1v) is 7.76. The van der Waals surface area contributed by atoms with E-state index < -0.39 is 24.5 Å². The summed E-state index contributed by atoms with van der Waals surface area (Å²) in [6.45, 7) is 1.61. The Labute approximate surface area is 126 Å². The first kappa shape index (κ1) is 19.4. The number of rotatable bonds is 12. The molecule has 0 unspecified atom stereocenters. The maximum atomic E-state index is 11.7. The lowest BCUT2D eigenvalue weighted by Gasteiger charge is -2.16. The number of amides is 1. The monoisotopic (exact) mass is 304 g/mol. The minimum atomic E-state index is -1.20. The molecule has 0 aliphatic rings. The molecule has 0 rings (SSSR count). The summed E-state index contributed by atoms with van der Waals surface area (Å²) in [7, 11) is 0. The normalized spacial score (nSPS) is 13.8. The van der Waals surface area contributed by atoms with Gasteiger partial charge >= 0.3 is 0 Å². The van der Waals surface area contributed by atoms with E-state index in [1.165, 1.54) is 6.42 Å². The van der Waals surface area contributed by atoms with Gasteiger partial charge in [0.2, 0.25) is 5.91 Å². The molecule has 0 fully saturated rings. The van der Waals surface area contributed by atoms with Crippen LogP contribution in [0, 0.1) is 6.42 Å².